The molecule has 0 fully saturated rings. The summed E-state index contributed by atoms with van der Waals surface area (Å²) in [5.41, 5.74) is 0. The summed E-state index contributed by atoms with van der Waals surface area (Å²) in [5.74, 6) is -1.72. The second-order valence-electron chi connectivity index (χ2n) is 4.30. The monoisotopic (exact) mass is 278 g/mol. The molecule has 2 N–H and O–H groups in total. The first-order valence-corrected chi connectivity index (χ1v) is 7.03. The van der Waals surface area contributed by atoms with Gasteiger partial charge < -0.3 is 14.9 Å². The van der Waals surface area contributed by atoms with Crippen molar-refractivity contribution in [2.45, 2.75) is 50.9 Å². The molecule has 0 heterocycles. The van der Waals surface area contributed by atoms with Crippen LogP contribution >= 0.6 is 11.8 Å². The van der Waals surface area contributed by atoms with Gasteiger partial charge in [0.1, 0.15) is 0 Å². The van der Waals surface area contributed by atoms with Crippen molar-refractivity contribution in [3.8, 4) is 0 Å². The first-order chi connectivity index (χ1) is 8.34. The quantitative estimate of drug-likeness (QED) is 0.596. The Bertz CT molecular complexity index is 276. The fourth-order valence-electron chi connectivity index (χ4n) is 1.31. The summed E-state index contributed by atoms with van der Waals surface area (Å²) in [6.45, 7) is 6.64. The Morgan fingerprint density at radius 1 is 1.28 bits per heavy atom. The fraction of sp³-hybridized carbons (Fsp3) is 0.833. The van der Waals surface area contributed by atoms with Crippen molar-refractivity contribution in [2.75, 3.05) is 12.4 Å². The molecule has 0 saturated heterocycles. The van der Waals surface area contributed by atoms with Gasteiger partial charge in [0.15, 0.2) is 6.10 Å². The average molecular weight is 278 g/mol. The smallest absolute Gasteiger partial charge is 0.333 e. The molecule has 0 aromatic carbocycles. The number of carboxylic acid groups (broad SMARTS) is 2. The van der Waals surface area contributed by atoms with Crippen LogP contribution < -0.4 is 0 Å². The summed E-state index contributed by atoms with van der Waals surface area (Å²) in [5, 5.41) is 17.3. The van der Waals surface area contributed by atoms with Gasteiger partial charge in [-0.3, -0.25) is 4.79 Å². The molecule has 0 aromatic heterocycles. The van der Waals surface area contributed by atoms with E-state index in [9.17, 15) is 9.59 Å². The maximum Gasteiger partial charge on any atom is 0.333 e. The second kappa shape index (κ2) is 8.37. The molecule has 6 heteroatoms. The Balaban J connectivity index is 4.00. The van der Waals surface area contributed by atoms with E-state index in [2.05, 4.69) is 20.8 Å². The van der Waals surface area contributed by atoms with E-state index in [0.717, 1.165) is 12.8 Å². The summed E-state index contributed by atoms with van der Waals surface area (Å²) < 4.78 is 5.27. The van der Waals surface area contributed by atoms with Crippen molar-refractivity contribution in [3.05, 3.63) is 0 Å². The molecule has 0 aliphatic rings. The van der Waals surface area contributed by atoms with Crippen molar-refractivity contribution in [3.63, 3.8) is 0 Å². The zero-order valence-electron chi connectivity index (χ0n) is 11.1. The van der Waals surface area contributed by atoms with Crippen LogP contribution in [0.25, 0.3) is 0 Å². The lowest BCUT2D eigenvalue weighted by Crippen LogP contribution is -2.28. The molecule has 0 saturated carbocycles. The van der Waals surface area contributed by atoms with Gasteiger partial charge in [-0.15, -0.1) is 0 Å². The van der Waals surface area contributed by atoms with Crippen molar-refractivity contribution in [1.29, 1.82) is 0 Å². The molecule has 0 spiro atoms. The highest BCUT2D eigenvalue weighted by atomic mass is 32.2. The molecule has 0 radical (unpaired) electrons. The minimum absolute atomic E-state index is 0.175. The van der Waals surface area contributed by atoms with Crippen molar-refractivity contribution in [1.82, 2.24) is 0 Å². The van der Waals surface area contributed by atoms with E-state index in [1.165, 1.54) is 0 Å². The van der Waals surface area contributed by atoms with Crippen LogP contribution in [0.5, 0.6) is 0 Å². The minimum Gasteiger partial charge on any atom is -0.481 e. The normalized spacial score (nSPS) is 13.3. The van der Waals surface area contributed by atoms with Crippen LogP contribution in [0.3, 0.4) is 0 Å². The standard InChI is InChI=1S/C12H22O5S/c1-4-12(3,5-2)18-7-6-17-9(11(15)16)8-10(13)14/h9H,4-8H2,1-3H3,(H,13,14)(H,15,16). The van der Waals surface area contributed by atoms with Crippen LogP contribution in [0, 0.1) is 0 Å². The molecular weight excluding hydrogens is 256 g/mol. The van der Waals surface area contributed by atoms with Gasteiger partial charge in [0, 0.05) is 10.5 Å². The Kier molecular flexibility index (Phi) is 8.02. The SMILES string of the molecule is CCC(C)(CC)SCCOC(CC(=O)O)C(=O)O. The van der Waals surface area contributed by atoms with Crippen LogP contribution in [0.4, 0.5) is 0 Å². The third-order valence-electron chi connectivity index (χ3n) is 2.98. The lowest BCUT2D eigenvalue weighted by atomic mass is 10.1. The number of ether oxygens (including phenoxy) is 1. The molecule has 18 heavy (non-hydrogen) atoms. The summed E-state index contributed by atoms with van der Waals surface area (Å²) in [7, 11) is 0. The molecule has 0 rings (SSSR count). The predicted octanol–water partition coefficient (Wildman–Crippen LogP) is 2.24. The van der Waals surface area contributed by atoms with Gasteiger partial charge >= 0.3 is 11.9 Å². The zero-order chi connectivity index (χ0) is 14.2. The second-order valence-corrected chi connectivity index (χ2v) is 5.98. The predicted molar refractivity (Wildman–Crippen MR) is 71.1 cm³/mol. The van der Waals surface area contributed by atoms with Crippen molar-refractivity contribution >= 4 is 23.7 Å². The molecule has 0 aliphatic heterocycles. The van der Waals surface area contributed by atoms with E-state index in [-0.39, 0.29) is 11.4 Å². The molecule has 0 aromatic rings. The van der Waals surface area contributed by atoms with E-state index in [0.29, 0.717) is 5.75 Å². The van der Waals surface area contributed by atoms with Crippen LogP contribution in [0.2, 0.25) is 0 Å². The Morgan fingerprint density at radius 3 is 2.22 bits per heavy atom. The molecule has 1 atom stereocenters. The largest absolute Gasteiger partial charge is 0.481 e. The Morgan fingerprint density at radius 2 is 1.83 bits per heavy atom. The summed E-state index contributed by atoms with van der Waals surface area (Å²) in [6.07, 6.45) is 0.313. The summed E-state index contributed by atoms with van der Waals surface area (Å²) >= 11 is 1.73. The van der Waals surface area contributed by atoms with Crippen LogP contribution in [0.1, 0.15) is 40.0 Å². The average Bonchev–Trinajstić information content (AvgIpc) is 2.32. The third-order valence-corrected chi connectivity index (χ3v) is 4.63. The number of aliphatic carboxylic acids is 2. The van der Waals surface area contributed by atoms with Crippen molar-refractivity contribution in [2.24, 2.45) is 0 Å². The Hall–Kier alpha value is -0.750. The van der Waals surface area contributed by atoms with E-state index in [1.54, 1.807) is 11.8 Å². The van der Waals surface area contributed by atoms with Gasteiger partial charge in [-0.2, -0.15) is 11.8 Å². The molecule has 0 bridgehead atoms. The minimum atomic E-state index is -1.25. The highest BCUT2D eigenvalue weighted by Gasteiger charge is 2.23. The Labute approximate surface area is 112 Å². The van der Waals surface area contributed by atoms with Crippen LogP contribution in [0.15, 0.2) is 0 Å². The maximum atomic E-state index is 10.7. The molecule has 1 unspecified atom stereocenters. The van der Waals surface area contributed by atoms with Gasteiger partial charge in [-0.1, -0.05) is 20.8 Å². The van der Waals surface area contributed by atoms with Crippen molar-refractivity contribution < 1.29 is 24.5 Å². The number of rotatable bonds is 10. The lowest BCUT2D eigenvalue weighted by Gasteiger charge is -2.26. The van der Waals surface area contributed by atoms with E-state index in [4.69, 9.17) is 14.9 Å². The van der Waals surface area contributed by atoms with Gasteiger partial charge in [-0.25, -0.2) is 4.79 Å². The van der Waals surface area contributed by atoms with E-state index in [1.807, 2.05) is 0 Å². The van der Waals surface area contributed by atoms with Gasteiger partial charge in [0.05, 0.1) is 13.0 Å². The topological polar surface area (TPSA) is 83.8 Å². The number of hydrogen-bond acceptors (Lipinski definition) is 4. The van der Waals surface area contributed by atoms with Gasteiger partial charge in [0.2, 0.25) is 0 Å². The summed E-state index contributed by atoms with van der Waals surface area (Å²) in [6, 6.07) is 0. The third kappa shape index (κ3) is 6.86. The lowest BCUT2D eigenvalue weighted by molar-refractivity contribution is -0.156. The summed E-state index contributed by atoms with van der Waals surface area (Å²) in [4.78, 5) is 21.2. The van der Waals surface area contributed by atoms with E-state index < -0.39 is 24.5 Å². The van der Waals surface area contributed by atoms with Crippen LogP contribution in [-0.4, -0.2) is 45.4 Å². The zero-order valence-corrected chi connectivity index (χ0v) is 12.0. The number of carboxylic acids is 2. The number of hydrogen-bond donors (Lipinski definition) is 2. The van der Waals surface area contributed by atoms with Gasteiger partial charge in [-0.05, 0) is 12.8 Å². The number of carbonyl (C=O) groups is 2. The molecular formula is C12H22O5S. The first kappa shape index (κ1) is 17.2. The molecule has 106 valence electrons. The maximum absolute atomic E-state index is 10.7. The van der Waals surface area contributed by atoms with E-state index >= 15 is 0 Å². The van der Waals surface area contributed by atoms with Gasteiger partial charge in [0.25, 0.3) is 0 Å². The highest BCUT2D eigenvalue weighted by Crippen LogP contribution is 2.31. The molecule has 5 nitrogen and oxygen atoms in total. The first-order valence-electron chi connectivity index (χ1n) is 6.04. The van der Waals surface area contributed by atoms with Crippen LogP contribution in [-0.2, 0) is 14.3 Å². The number of thioether (sulfide) groups is 1. The highest BCUT2D eigenvalue weighted by molar-refractivity contribution is 8.00. The molecule has 0 amide bonds. The fourth-order valence-corrected chi connectivity index (χ4v) is 2.39. The molecule has 0 aliphatic carbocycles.